The number of aromatic nitrogens is 1. The predicted molar refractivity (Wildman–Crippen MR) is 103 cm³/mol. The van der Waals surface area contributed by atoms with Crippen molar-refractivity contribution in [2.75, 3.05) is 17.1 Å². The van der Waals surface area contributed by atoms with Crippen LogP contribution in [-0.2, 0) is 10.0 Å². The Morgan fingerprint density at radius 3 is 2.50 bits per heavy atom. The highest BCUT2D eigenvalue weighted by Crippen LogP contribution is 2.24. The standard InChI is InChI=1S/C19H25N3O3S/c1-14-12-17(25-2)9-10-18(14)26(23,24)22-16-8-11-19(20-13-16)21-15-6-4-3-5-7-15/h8-13,15,22H,3-7H2,1-2H3,(H,20,21). The number of hydrogen-bond acceptors (Lipinski definition) is 5. The summed E-state index contributed by atoms with van der Waals surface area (Å²) in [5.74, 6) is 1.40. The highest BCUT2D eigenvalue weighted by molar-refractivity contribution is 7.92. The zero-order valence-corrected chi connectivity index (χ0v) is 16.0. The van der Waals surface area contributed by atoms with Crippen LogP contribution in [0.25, 0.3) is 0 Å². The molecule has 1 fully saturated rings. The number of benzene rings is 1. The van der Waals surface area contributed by atoms with Crippen LogP contribution in [-0.4, -0.2) is 26.6 Å². The third kappa shape index (κ3) is 4.46. The maximum atomic E-state index is 12.6. The summed E-state index contributed by atoms with van der Waals surface area (Å²) in [4.78, 5) is 4.57. The van der Waals surface area contributed by atoms with Crippen LogP contribution in [0.2, 0.25) is 0 Å². The first-order chi connectivity index (χ1) is 12.5. The van der Waals surface area contributed by atoms with Gasteiger partial charge in [0.15, 0.2) is 0 Å². The fourth-order valence-corrected chi connectivity index (χ4v) is 4.53. The van der Waals surface area contributed by atoms with Crippen LogP contribution in [0, 0.1) is 6.92 Å². The average molecular weight is 375 g/mol. The van der Waals surface area contributed by atoms with Gasteiger partial charge in [0.2, 0.25) is 0 Å². The van der Waals surface area contributed by atoms with Crippen molar-refractivity contribution in [2.45, 2.75) is 50.0 Å². The molecule has 0 radical (unpaired) electrons. The highest BCUT2D eigenvalue weighted by atomic mass is 32.2. The van der Waals surface area contributed by atoms with Crippen LogP contribution in [0.5, 0.6) is 5.75 Å². The quantitative estimate of drug-likeness (QED) is 0.799. The Morgan fingerprint density at radius 2 is 1.88 bits per heavy atom. The SMILES string of the molecule is COc1ccc(S(=O)(=O)Nc2ccc(NC3CCCCC3)nc2)c(C)c1. The molecule has 0 atom stereocenters. The Kier molecular flexibility index (Phi) is 5.66. The van der Waals surface area contributed by atoms with Gasteiger partial charge >= 0.3 is 0 Å². The Morgan fingerprint density at radius 1 is 1.12 bits per heavy atom. The summed E-state index contributed by atoms with van der Waals surface area (Å²) in [5, 5.41) is 3.42. The van der Waals surface area contributed by atoms with E-state index in [2.05, 4.69) is 15.0 Å². The molecule has 1 aliphatic carbocycles. The van der Waals surface area contributed by atoms with Gasteiger partial charge in [0.05, 0.1) is 23.9 Å². The van der Waals surface area contributed by atoms with Crippen LogP contribution >= 0.6 is 0 Å². The minimum Gasteiger partial charge on any atom is -0.497 e. The summed E-state index contributed by atoms with van der Waals surface area (Å²) in [5.41, 5.74) is 1.06. The molecule has 3 rings (SSSR count). The Labute approximate surface area is 155 Å². The lowest BCUT2D eigenvalue weighted by Crippen LogP contribution is -2.22. The topological polar surface area (TPSA) is 80.3 Å². The van der Waals surface area contributed by atoms with Crippen molar-refractivity contribution in [1.82, 2.24) is 4.98 Å². The molecule has 1 aliphatic rings. The zero-order chi connectivity index (χ0) is 18.6. The summed E-state index contributed by atoms with van der Waals surface area (Å²) in [6, 6.07) is 8.88. The first kappa shape index (κ1) is 18.5. The second-order valence-electron chi connectivity index (χ2n) is 6.65. The molecule has 0 spiro atoms. The Bertz CT molecular complexity index is 845. The largest absolute Gasteiger partial charge is 0.497 e. The maximum Gasteiger partial charge on any atom is 0.262 e. The Balaban J connectivity index is 1.69. The molecule has 0 amide bonds. The normalized spacial score (nSPS) is 15.5. The van der Waals surface area contributed by atoms with Crippen molar-refractivity contribution in [1.29, 1.82) is 0 Å². The molecule has 140 valence electrons. The van der Waals surface area contributed by atoms with Gasteiger partial charge in [-0.25, -0.2) is 13.4 Å². The van der Waals surface area contributed by atoms with Gasteiger partial charge in [0.25, 0.3) is 10.0 Å². The zero-order valence-electron chi connectivity index (χ0n) is 15.2. The molecule has 7 heteroatoms. The van der Waals surface area contributed by atoms with E-state index < -0.39 is 10.0 Å². The van der Waals surface area contributed by atoms with E-state index in [1.54, 1.807) is 44.5 Å². The summed E-state index contributed by atoms with van der Waals surface area (Å²) in [6.07, 6.45) is 7.66. The molecular weight excluding hydrogens is 350 g/mol. The Hall–Kier alpha value is -2.28. The van der Waals surface area contributed by atoms with Crippen molar-refractivity contribution in [3.63, 3.8) is 0 Å². The van der Waals surface area contributed by atoms with Crippen LogP contribution < -0.4 is 14.8 Å². The number of methoxy groups -OCH3 is 1. The predicted octanol–water partition coefficient (Wildman–Crippen LogP) is 3.94. The van der Waals surface area contributed by atoms with E-state index in [1.807, 2.05) is 6.07 Å². The fourth-order valence-electron chi connectivity index (χ4n) is 3.26. The number of nitrogens with zero attached hydrogens (tertiary/aromatic N) is 1. The van der Waals surface area contributed by atoms with Gasteiger partial charge in [0.1, 0.15) is 11.6 Å². The summed E-state index contributed by atoms with van der Waals surface area (Å²) >= 11 is 0. The molecule has 2 N–H and O–H groups in total. The lowest BCUT2D eigenvalue weighted by molar-refractivity contribution is 0.414. The van der Waals surface area contributed by atoms with Crippen molar-refractivity contribution in [2.24, 2.45) is 0 Å². The van der Waals surface area contributed by atoms with Gasteiger partial charge in [-0.2, -0.15) is 0 Å². The maximum absolute atomic E-state index is 12.6. The number of anilines is 2. The van der Waals surface area contributed by atoms with Crippen molar-refractivity contribution in [3.8, 4) is 5.75 Å². The highest BCUT2D eigenvalue weighted by Gasteiger charge is 2.18. The molecule has 0 unspecified atom stereocenters. The fraction of sp³-hybridized carbons (Fsp3) is 0.421. The molecule has 0 saturated heterocycles. The molecule has 0 aliphatic heterocycles. The van der Waals surface area contributed by atoms with Gasteiger partial charge in [-0.1, -0.05) is 19.3 Å². The number of aryl methyl sites for hydroxylation is 1. The first-order valence-electron chi connectivity index (χ1n) is 8.88. The minimum atomic E-state index is -3.67. The monoisotopic (exact) mass is 375 g/mol. The van der Waals surface area contributed by atoms with Crippen molar-refractivity contribution < 1.29 is 13.2 Å². The molecule has 0 bridgehead atoms. The number of rotatable bonds is 6. The minimum absolute atomic E-state index is 0.225. The smallest absolute Gasteiger partial charge is 0.262 e. The molecule has 1 aromatic heterocycles. The van der Waals surface area contributed by atoms with E-state index >= 15 is 0 Å². The number of ether oxygens (including phenoxy) is 1. The molecule has 6 nitrogen and oxygen atoms in total. The van der Waals surface area contributed by atoms with Gasteiger partial charge < -0.3 is 10.1 Å². The van der Waals surface area contributed by atoms with E-state index in [1.165, 1.54) is 19.3 Å². The molecular formula is C19H25N3O3S. The molecule has 1 aromatic carbocycles. The van der Waals surface area contributed by atoms with Crippen LogP contribution in [0.4, 0.5) is 11.5 Å². The lowest BCUT2D eigenvalue weighted by atomic mass is 9.95. The number of sulfonamides is 1. The summed E-state index contributed by atoms with van der Waals surface area (Å²) in [7, 11) is -2.12. The van der Waals surface area contributed by atoms with Gasteiger partial charge in [0, 0.05) is 6.04 Å². The average Bonchev–Trinajstić information content (AvgIpc) is 2.63. The van der Waals surface area contributed by atoms with Gasteiger partial charge in [-0.3, -0.25) is 4.72 Å². The number of pyridine rings is 1. The van der Waals surface area contributed by atoms with E-state index in [0.29, 0.717) is 23.0 Å². The summed E-state index contributed by atoms with van der Waals surface area (Å²) in [6.45, 7) is 1.74. The summed E-state index contributed by atoms with van der Waals surface area (Å²) < 4.78 is 33.0. The molecule has 26 heavy (non-hydrogen) atoms. The van der Waals surface area contributed by atoms with E-state index in [0.717, 1.165) is 18.7 Å². The van der Waals surface area contributed by atoms with E-state index in [9.17, 15) is 8.42 Å². The molecule has 1 heterocycles. The second-order valence-corrected chi connectivity index (χ2v) is 8.30. The van der Waals surface area contributed by atoms with Crippen LogP contribution in [0.3, 0.4) is 0 Å². The van der Waals surface area contributed by atoms with Crippen molar-refractivity contribution in [3.05, 3.63) is 42.1 Å². The van der Waals surface area contributed by atoms with Gasteiger partial charge in [-0.15, -0.1) is 0 Å². The first-order valence-corrected chi connectivity index (χ1v) is 10.4. The number of hydrogen-bond donors (Lipinski definition) is 2. The third-order valence-electron chi connectivity index (χ3n) is 4.64. The van der Waals surface area contributed by atoms with E-state index in [4.69, 9.17) is 4.74 Å². The van der Waals surface area contributed by atoms with Crippen LogP contribution in [0.15, 0.2) is 41.4 Å². The van der Waals surface area contributed by atoms with Gasteiger partial charge in [-0.05, 0) is 55.7 Å². The van der Waals surface area contributed by atoms with E-state index in [-0.39, 0.29) is 4.90 Å². The van der Waals surface area contributed by atoms with Crippen molar-refractivity contribution >= 4 is 21.5 Å². The van der Waals surface area contributed by atoms with Crippen LogP contribution in [0.1, 0.15) is 37.7 Å². The molecule has 1 saturated carbocycles. The second kappa shape index (κ2) is 7.95. The molecule has 2 aromatic rings. The number of nitrogens with one attached hydrogen (secondary N) is 2. The lowest BCUT2D eigenvalue weighted by Gasteiger charge is -2.23. The third-order valence-corrected chi connectivity index (χ3v) is 6.19.